The number of hydrogen-bond acceptors (Lipinski definition) is 3. The zero-order chi connectivity index (χ0) is 14.0. The maximum absolute atomic E-state index is 12.9. The first kappa shape index (κ1) is 14.0. The minimum atomic E-state index is -4.45. The number of benzene rings is 1. The van der Waals surface area contributed by atoms with E-state index in [9.17, 15) is 13.2 Å². The van der Waals surface area contributed by atoms with E-state index in [1.54, 1.807) is 0 Å². The maximum atomic E-state index is 12.9. The van der Waals surface area contributed by atoms with Crippen LogP contribution in [0.15, 0.2) is 12.1 Å². The van der Waals surface area contributed by atoms with Crippen LogP contribution in [0.4, 0.5) is 13.2 Å². The summed E-state index contributed by atoms with van der Waals surface area (Å²) in [5.41, 5.74) is -0.0427. The number of hydrogen-bond donors (Lipinski definition) is 1. The van der Waals surface area contributed by atoms with Gasteiger partial charge >= 0.3 is 6.18 Å². The lowest BCUT2D eigenvalue weighted by Crippen LogP contribution is -2.12. The molecule has 19 heavy (non-hydrogen) atoms. The van der Waals surface area contributed by atoms with Gasteiger partial charge in [-0.25, -0.2) is 0 Å². The van der Waals surface area contributed by atoms with Gasteiger partial charge in [0.15, 0.2) is 0 Å². The second kappa shape index (κ2) is 5.28. The van der Waals surface area contributed by atoms with Crippen molar-refractivity contribution in [1.29, 1.82) is 0 Å². The molecular formula is C13H16F3NO2. The third-order valence-corrected chi connectivity index (χ3v) is 3.36. The van der Waals surface area contributed by atoms with Crippen LogP contribution in [-0.4, -0.2) is 27.3 Å². The van der Waals surface area contributed by atoms with E-state index < -0.39 is 11.7 Å². The number of ether oxygens (including phenoxy) is 2. The van der Waals surface area contributed by atoms with Crippen molar-refractivity contribution in [2.24, 2.45) is 0 Å². The summed E-state index contributed by atoms with van der Waals surface area (Å²) >= 11 is 0. The van der Waals surface area contributed by atoms with E-state index in [1.807, 2.05) is 0 Å². The molecule has 3 nitrogen and oxygen atoms in total. The Hall–Kier alpha value is -1.43. The average Bonchev–Trinajstić information content (AvgIpc) is 2.89. The van der Waals surface area contributed by atoms with E-state index in [0.717, 1.165) is 31.1 Å². The molecule has 1 atom stereocenters. The monoisotopic (exact) mass is 275 g/mol. The van der Waals surface area contributed by atoms with E-state index in [1.165, 1.54) is 20.3 Å². The van der Waals surface area contributed by atoms with Crippen LogP contribution in [0.2, 0.25) is 0 Å². The van der Waals surface area contributed by atoms with E-state index >= 15 is 0 Å². The van der Waals surface area contributed by atoms with Gasteiger partial charge in [-0.3, -0.25) is 0 Å². The van der Waals surface area contributed by atoms with Crippen LogP contribution in [0.25, 0.3) is 0 Å². The highest BCUT2D eigenvalue weighted by Crippen LogP contribution is 2.42. The zero-order valence-electron chi connectivity index (χ0n) is 10.8. The summed E-state index contributed by atoms with van der Waals surface area (Å²) in [6, 6.07) is 2.46. The van der Waals surface area contributed by atoms with Crippen LogP contribution in [0.1, 0.15) is 23.5 Å². The van der Waals surface area contributed by atoms with Crippen LogP contribution in [0, 0.1) is 0 Å². The van der Waals surface area contributed by atoms with Gasteiger partial charge in [0.05, 0.1) is 14.2 Å². The van der Waals surface area contributed by atoms with E-state index in [4.69, 9.17) is 9.47 Å². The van der Waals surface area contributed by atoms with Gasteiger partial charge in [0, 0.05) is 18.0 Å². The first-order valence-corrected chi connectivity index (χ1v) is 6.01. The summed E-state index contributed by atoms with van der Waals surface area (Å²) < 4.78 is 48.7. The predicted octanol–water partition coefficient (Wildman–Crippen LogP) is 2.80. The fourth-order valence-corrected chi connectivity index (χ4v) is 2.38. The van der Waals surface area contributed by atoms with Crippen molar-refractivity contribution < 1.29 is 22.6 Å². The van der Waals surface area contributed by atoms with Gasteiger partial charge in [0.25, 0.3) is 0 Å². The molecule has 0 spiro atoms. The highest BCUT2D eigenvalue weighted by atomic mass is 19.4. The fraction of sp³-hybridized carbons (Fsp3) is 0.538. The Morgan fingerprint density at radius 2 is 1.84 bits per heavy atom. The minimum absolute atomic E-state index is 0.157. The lowest BCUT2D eigenvalue weighted by atomic mass is 9.95. The molecule has 0 amide bonds. The molecule has 0 saturated carbocycles. The van der Waals surface area contributed by atoms with Crippen LogP contribution in [0.5, 0.6) is 11.5 Å². The smallest absolute Gasteiger partial charge is 0.420 e. The Morgan fingerprint density at radius 1 is 1.16 bits per heavy atom. The predicted molar refractivity (Wildman–Crippen MR) is 64.8 cm³/mol. The molecule has 0 aliphatic carbocycles. The van der Waals surface area contributed by atoms with Gasteiger partial charge in [0.2, 0.25) is 0 Å². The van der Waals surface area contributed by atoms with Crippen molar-refractivity contribution in [2.45, 2.75) is 18.5 Å². The Morgan fingerprint density at radius 3 is 2.32 bits per heavy atom. The second-order valence-corrected chi connectivity index (χ2v) is 4.48. The molecule has 0 radical (unpaired) electrons. The molecule has 1 fully saturated rings. The Bertz CT molecular complexity index is 454. The van der Waals surface area contributed by atoms with Gasteiger partial charge in [-0.2, -0.15) is 13.2 Å². The fourth-order valence-electron chi connectivity index (χ4n) is 2.38. The molecule has 2 rings (SSSR count). The molecule has 1 heterocycles. The van der Waals surface area contributed by atoms with Crippen molar-refractivity contribution in [2.75, 3.05) is 27.3 Å². The van der Waals surface area contributed by atoms with Gasteiger partial charge in [-0.05, 0) is 25.1 Å². The van der Waals surface area contributed by atoms with E-state index in [2.05, 4.69) is 5.32 Å². The SMILES string of the molecule is COc1cc(C(F)(F)F)c(OC)cc1[C@@H]1CCNC1. The normalized spacial score (nSPS) is 19.5. The largest absolute Gasteiger partial charge is 0.496 e. The average molecular weight is 275 g/mol. The van der Waals surface area contributed by atoms with Crippen LogP contribution < -0.4 is 14.8 Å². The van der Waals surface area contributed by atoms with Crippen LogP contribution in [-0.2, 0) is 6.18 Å². The van der Waals surface area contributed by atoms with Gasteiger partial charge in [-0.1, -0.05) is 0 Å². The van der Waals surface area contributed by atoms with Crippen molar-refractivity contribution in [1.82, 2.24) is 5.32 Å². The first-order valence-electron chi connectivity index (χ1n) is 6.01. The third kappa shape index (κ3) is 2.78. The number of halogens is 3. The number of alkyl halides is 3. The molecular weight excluding hydrogens is 259 g/mol. The topological polar surface area (TPSA) is 30.5 Å². The van der Waals surface area contributed by atoms with Crippen LogP contribution >= 0.6 is 0 Å². The summed E-state index contributed by atoms with van der Waals surface area (Å²) in [6.07, 6.45) is -3.57. The molecule has 0 bridgehead atoms. The molecule has 6 heteroatoms. The lowest BCUT2D eigenvalue weighted by molar-refractivity contribution is -0.138. The molecule has 1 N–H and O–H groups in total. The lowest BCUT2D eigenvalue weighted by Gasteiger charge is -2.19. The quantitative estimate of drug-likeness (QED) is 0.920. The molecule has 0 unspecified atom stereocenters. The Kier molecular flexibility index (Phi) is 3.89. The Balaban J connectivity index is 2.50. The number of nitrogens with one attached hydrogen (secondary N) is 1. The van der Waals surface area contributed by atoms with Gasteiger partial charge in [-0.15, -0.1) is 0 Å². The van der Waals surface area contributed by atoms with E-state index in [-0.39, 0.29) is 17.4 Å². The van der Waals surface area contributed by atoms with Gasteiger partial charge in [0.1, 0.15) is 17.1 Å². The summed E-state index contributed by atoms with van der Waals surface area (Å²) in [4.78, 5) is 0. The standard InChI is InChI=1S/C13H16F3NO2/c1-18-11-6-10(13(14,15)16)12(19-2)5-9(11)8-3-4-17-7-8/h5-6,8,17H,3-4,7H2,1-2H3/t8-/m1/s1. The Labute approximate surface area is 109 Å². The van der Waals surface area contributed by atoms with Crippen molar-refractivity contribution >= 4 is 0 Å². The molecule has 1 aromatic carbocycles. The minimum Gasteiger partial charge on any atom is -0.496 e. The molecule has 1 aliphatic heterocycles. The molecule has 1 aromatic rings. The van der Waals surface area contributed by atoms with Crippen LogP contribution in [0.3, 0.4) is 0 Å². The summed E-state index contributed by atoms with van der Waals surface area (Å²) in [6.45, 7) is 1.60. The second-order valence-electron chi connectivity index (χ2n) is 4.48. The molecule has 0 aromatic heterocycles. The number of rotatable bonds is 3. The van der Waals surface area contributed by atoms with E-state index in [0.29, 0.717) is 0 Å². The first-order chi connectivity index (χ1) is 8.97. The van der Waals surface area contributed by atoms with Crippen molar-refractivity contribution in [3.63, 3.8) is 0 Å². The molecule has 106 valence electrons. The summed E-state index contributed by atoms with van der Waals surface area (Å²) in [5.74, 6) is 0.267. The zero-order valence-corrected chi connectivity index (χ0v) is 10.8. The maximum Gasteiger partial charge on any atom is 0.420 e. The van der Waals surface area contributed by atoms with Crippen molar-refractivity contribution in [3.8, 4) is 11.5 Å². The number of methoxy groups -OCH3 is 2. The third-order valence-electron chi connectivity index (χ3n) is 3.36. The van der Waals surface area contributed by atoms with Crippen molar-refractivity contribution in [3.05, 3.63) is 23.3 Å². The highest BCUT2D eigenvalue weighted by molar-refractivity contribution is 5.49. The van der Waals surface area contributed by atoms with Gasteiger partial charge < -0.3 is 14.8 Å². The molecule has 1 aliphatic rings. The highest BCUT2D eigenvalue weighted by Gasteiger charge is 2.36. The summed E-state index contributed by atoms with van der Waals surface area (Å²) in [7, 11) is 2.63. The summed E-state index contributed by atoms with van der Waals surface area (Å²) in [5, 5.41) is 3.19. The molecule has 1 saturated heterocycles.